The van der Waals surface area contributed by atoms with Gasteiger partial charge in [0, 0.05) is 23.5 Å². The summed E-state index contributed by atoms with van der Waals surface area (Å²) in [5.74, 6) is -3.71. The van der Waals surface area contributed by atoms with Gasteiger partial charge in [-0.3, -0.25) is 19.2 Å². The number of hydrogen-bond donors (Lipinski definition) is 2. The summed E-state index contributed by atoms with van der Waals surface area (Å²) in [6, 6.07) is 3.99. The zero-order chi connectivity index (χ0) is 33.2. The van der Waals surface area contributed by atoms with Crippen LogP contribution < -0.4 is 10.2 Å². The van der Waals surface area contributed by atoms with Gasteiger partial charge in [0.25, 0.3) is 5.91 Å². The number of aryl methyl sites for hydroxylation is 2. The van der Waals surface area contributed by atoms with Crippen LogP contribution in [0, 0.1) is 31.6 Å². The van der Waals surface area contributed by atoms with Crippen LogP contribution in [0.4, 0.5) is 5.69 Å². The molecular formula is C34H46BrN3O7. The fraction of sp³-hybridized carbons (Fsp3) is 0.588. The molecule has 3 amide bonds. The Labute approximate surface area is 274 Å². The van der Waals surface area contributed by atoms with E-state index in [-0.39, 0.29) is 48.7 Å². The van der Waals surface area contributed by atoms with Crippen LogP contribution in [-0.2, 0) is 28.7 Å². The lowest BCUT2D eigenvalue weighted by Crippen LogP contribution is -2.60. The van der Waals surface area contributed by atoms with Crippen molar-refractivity contribution in [2.24, 2.45) is 17.8 Å². The summed E-state index contributed by atoms with van der Waals surface area (Å²) in [4.78, 5) is 58.1. The number of carbonyl (C=O) groups is 4. The lowest BCUT2D eigenvalue weighted by atomic mass is 9.70. The molecule has 2 bridgehead atoms. The van der Waals surface area contributed by atoms with Gasteiger partial charge in [-0.15, -0.1) is 13.2 Å². The second kappa shape index (κ2) is 14.2. The highest BCUT2D eigenvalue weighted by atomic mass is 79.9. The number of nitrogens with zero attached hydrogens (tertiary/aromatic N) is 2. The Kier molecular flexibility index (Phi) is 11.0. The average molecular weight is 689 g/mol. The van der Waals surface area contributed by atoms with Crippen molar-refractivity contribution in [3.05, 3.63) is 54.6 Å². The van der Waals surface area contributed by atoms with Crippen LogP contribution in [0.1, 0.15) is 51.2 Å². The van der Waals surface area contributed by atoms with Gasteiger partial charge >= 0.3 is 5.97 Å². The number of carbonyl (C=O) groups excluding carboxylic acids is 4. The molecule has 3 fully saturated rings. The smallest absolute Gasteiger partial charge is 0.312 e. The fourth-order valence-electron chi connectivity index (χ4n) is 7.29. The van der Waals surface area contributed by atoms with Gasteiger partial charge in [0.05, 0.1) is 37.1 Å². The Hall–Kier alpha value is -3.02. The Morgan fingerprint density at radius 1 is 1.22 bits per heavy atom. The van der Waals surface area contributed by atoms with Gasteiger partial charge in [-0.25, -0.2) is 0 Å². The van der Waals surface area contributed by atoms with E-state index in [4.69, 9.17) is 9.47 Å². The first-order chi connectivity index (χ1) is 21.3. The van der Waals surface area contributed by atoms with Crippen LogP contribution >= 0.6 is 15.9 Å². The highest BCUT2D eigenvalue weighted by molar-refractivity contribution is 9.09. The molecule has 0 aliphatic carbocycles. The third-order valence-corrected chi connectivity index (χ3v) is 10.2. The van der Waals surface area contributed by atoms with E-state index in [0.717, 1.165) is 16.8 Å². The number of alkyl halides is 1. The van der Waals surface area contributed by atoms with E-state index in [1.54, 1.807) is 24.0 Å². The number of amides is 3. The van der Waals surface area contributed by atoms with E-state index >= 15 is 0 Å². The molecule has 3 aliphatic rings. The van der Waals surface area contributed by atoms with Crippen molar-refractivity contribution in [2.45, 2.75) is 88.6 Å². The first-order valence-electron chi connectivity index (χ1n) is 15.7. The molecule has 1 aromatic rings. The van der Waals surface area contributed by atoms with E-state index in [1.807, 2.05) is 45.9 Å². The van der Waals surface area contributed by atoms with Crippen LogP contribution in [0.25, 0.3) is 0 Å². The second-order valence-electron chi connectivity index (χ2n) is 12.8. The molecule has 3 heterocycles. The van der Waals surface area contributed by atoms with E-state index in [2.05, 4.69) is 34.4 Å². The molecule has 0 aromatic heterocycles. The molecule has 0 radical (unpaired) electrons. The van der Waals surface area contributed by atoms with Gasteiger partial charge in [0.1, 0.15) is 17.7 Å². The van der Waals surface area contributed by atoms with Gasteiger partial charge in [-0.05, 0) is 50.7 Å². The molecule has 3 saturated heterocycles. The number of nitrogens with one attached hydrogen (secondary N) is 1. The summed E-state index contributed by atoms with van der Waals surface area (Å²) >= 11 is 3.69. The second-order valence-corrected chi connectivity index (χ2v) is 13.9. The number of aliphatic hydroxyl groups is 1. The van der Waals surface area contributed by atoms with Gasteiger partial charge < -0.3 is 29.7 Å². The molecule has 1 unspecified atom stereocenters. The molecule has 246 valence electrons. The summed E-state index contributed by atoms with van der Waals surface area (Å²) < 4.78 is 12.4. The average Bonchev–Trinajstić information content (AvgIpc) is 3.57. The number of ether oxygens (including phenoxy) is 2. The normalized spacial score (nSPS) is 28.0. The largest absolute Gasteiger partial charge is 0.460 e. The Morgan fingerprint density at radius 3 is 2.47 bits per heavy atom. The predicted molar refractivity (Wildman–Crippen MR) is 175 cm³/mol. The highest BCUT2D eigenvalue weighted by Crippen LogP contribution is 2.61. The molecule has 8 atom stereocenters. The van der Waals surface area contributed by atoms with Gasteiger partial charge in [0.2, 0.25) is 11.8 Å². The van der Waals surface area contributed by atoms with Crippen LogP contribution in [0.2, 0.25) is 0 Å². The Bertz CT molecular complexity index is 1310. The van der Waals surface area contributed by atoms with Gasteiger partial charge in [-0.1, -0.05) is 60.1 Å². The summed E-state index contributed by atoms with van der Waals surface area (Å²) in [5.41, 5.74) is 1.18. The first-order valence-corrected chi connectivity index (χ1v) is 16.6. The van der Waals surface area contributed by atoms with Gasteiger partial charge in [0.15, 0.2) is 0 Å². The minimum absolute atomic E-state index is 0.112. The van der Waals surface area contributed by atoms with Crippen molar-refractivity contribution < 1.29 is 33.8 Å². The maximum Gasteiger partial charge on any atom is 0.312 e. The standard InChI is InChI=1S/C34H46BrN3O7/c1-8-10-14-25(40)36-17-22(7)44-33(43)26-27-31(41)38(24(18-39)19(3)4)30(34(27)16-23(35)29(26)45-34)32(42)37(15-9-2)28-20(5)12-11-13-21(28)6/h8-9,11-13,19,22-24,26-27,29-30,39H,1-2,10,14-18H2,3-7H3,(H,36,40)/t22-,23?,24-,26-,27+,29-,30-,34+/m0/s1. The molecule has 4 rings (SSSR count). The number of halogens is 1. The van der Waals surface area contributed by atoms with E-state index in [9.17, 15) is 24.3 Å². The zero-order valence-corrected chi connectivity index (χ0v) is 28.4. The minimum Gasteiger partial charge on any atom is -0.460 e. The molecule has 3 aliphatic heterocycles. The van der Waals surface area contributed by atoms with Crippen LogP contribution in [0.15, 0.2) is 43.5 Å². The summed E-state index contributed by atoms with van der Waals surface area (Å²) in [6.45, 7) is 16.8. The number of esters is 1. The molecule has 11 heteroatoms. The first kappa shape index (κ1) is 34.8. The van der Waals surface area contributed by atoms with Crippen LogP contribution in [-0.4, -0.2) is 88.1 Å². The SMILES string of the molecule is C=CCCC(=O)NC[C@H](C)OC(=O)[C@@H]1[C@H]2O[C@@]3(CC2Br)[C@H](C(=O)N(CC=C)c2c(C)cccc2C)N([C@@H](CO)C(C)C)C(=O)[C@@H]13. The summed E-state index contributed by atoms with van der Waals surface area (Å²) in [7, 11) is 0. The zero-order valence-electron chi connectivity index (χ0n) is 26.8. The van der Waals surface area contributed by atoms with Crippen LogP contribution in [0.3, 0.4) is 0 Å². The summed E-state index contributed by atoms with van der Waals surface area (Å²) in [6.07, 6.45) is 3.09. The monoisotopic (exact) mass is 687 g/mol. The molecule has 2 N–H and O–H groups in total. The predicted octanol–water partition coefficient (Wildman–Crippen LogP) is 3.60. The minimum atomic E-state index is -1.32. The molecule has 10 nitrogen and oxygen atoms in total. The van der Waals surface area contributed by atoms with Crippen molar-refractivity contribution in [1.29, 1.82) is 0 Å². The van der Waals surface area contributed by atoms with Crippen molar-refractivity contribution in [3.8, 4) is 0 Å². The number of likely N-dealkylation sites (tertiary alicyclic amines) is 1. The number of fused-ring (bicyclic) bond motifs is 1. The maximum atomic E-state index is 14.9. The van der Waals surface area contributed by atoms with Crippen molar-refractivity contribution in [1.82, 2.24) is 10.2 Å². The Morgan fingerprint density at radius 2 is 1.89 bits per heavy atom. The molecular weight excluding hydrogens is 642 g/mol. The van der Waals surface area contributed by atoms with Crippen LogP contribution in [0.5, 0.6) is 0 Å². The summed E-state index contributed by atoms with van der Waals surface area (Å²) in [5, 5.41) is 13.3. The number of benzene rings is 1. The van der Waals surface area contributed by atoms with Gasteiger partial charge in [-0.2, -0.15) is 0 Å². The van der Waals surface area contributed by atoms with E-state index in [1.165, 1.54) is 4.90 Å². The number of rotatable bonds is 14. The number of para-hydroxylation sites is 1. The number of hydrogen-bond acceptors (Lipinski definition) is 7. The number of anilines is 1. The maximum absolute atomic E-state index is 14.9. The lowest BCUT2D eigenvalue weighted by Gasteiger charge is -2.41. The third-order valence-electron chi connectivity index (χ3n) is 9.31. The highest BCUT2D eigenvalue weighted by Gasteiger charge is 2.77. The van der Waals surface area contributed by atoms with E-state index in [0.29, 0.717) is 12.8 Å². The Balaban J connectivity index is 1.72. The molecule has 1 aromatic carbocycles. The quantitative estimate of drug-likeness (QED) is 0.174. The topological polar surface area (TPSA) is 125 Å². The number of aliphatic hydroxyl groups excluding tert-OH is 1. The van der Waals surface area contributed by atoms with E-state index < -0.39 is 53.6 Å². The van der Waals surface area contributed by atoms with Crippen molar-refractivity contribution in [2.75, 3.05) is 24.6 Å². The van der Waals surface area contributed by atoms with Crippen molar-refractivity contribution >= 4 is 45.3 Å². The fourth-order valence-corrected chi connectivity index (χ4v) is 8.23. The molecule has 45 heavy (non-hydrogen) atoms. The third kappa shape index (κ3) is 6.36. The van der Waals surface area contributed by atoms with Crippen molar-refractivity contribution in [3.63, 3.8) is 0 Å². The molecule has 1 spiro atoms. The number of allylic oxidation sites excluding steroid dienone is 1. The lowest BCUT2D eigenvalue weighted by molar-refractivity contribution is -0.159. The molecule has 0 saturated carbocycles.